The van der Waals surface area contributed by atoms with Gasteiger partial charge < -0.3 is 15.6 Å². The minimum absolute atomic E-state index is 0.192. The summed E-state index contributed by atoms with van der Waals surface area (Å²) < 4.78 is 4.83. The van der Waals surface area contributed by atoms with Gasteiger partial charge in [-0.1, -0.05) is 5.16 Å². The van der Waals surface area contributed by atoms with Crippen molar-refractivity contribution < 1.29 is 9.32 Å². The molecule has 0 aliphatic rings. The van der Waals surface area contributed by atoms with Crippen LogP contribution in [-0.4, -0.2) is 21.3 Å². The van der Waals surface area contributed by atoms with Crippen LogP contribution >= 0.6 is 0 Å². The third kappa shape index (κ3) is 1.88. The highest BCUT2D eigenvalue weighted by Crippen LogP contribution is 2.12. The highest BCUT2D eigenvalue weighted by Gasteiger charge is 2.15. The molecule has 0 fully saturated rings. The monoisotopic (exact) mass is 221 g/mol. The molecule has 0 unspecified atom stereocenters. The largest absolute Gasteiger partial charge is 0.395 e. The third-order valence-corrected chi connectivity index (χ3v) is 2.12. The van der Waals surface area contributed by atoms with Gasteiger partial charge in [0.2, 0.25) is 0 Å². The maximum atomic E-state index is 11.6. The van der Waals surface area contributed by atoms with Gasteiger partial charge in [0.1, 0.15) is 0 Å². The summed E-state index contributed by atoms with van der Waals surface area (Å²) in [6.07, 6.45) is 1.51. The highest BCUT2D eigenvalue weighted by molar-refractivity contribution is 5.97. The van der Waals surface area contributed by atoms with E-state index < -0.39 is 0 Å². The topological polar surface area (TPSA) is 110 Å². The van der Waals surface area contributed by atoms with Crippen LogP contribution in [0.2, 0.25) is 0 Å². The Labute approximate surface area is 91.0 Å². The zero-order chi connectivity index (χ0) is 11.5. The van der Waals surface area contributed by atoms with Crippen molar-refractivity contribution in [3.8, 4) is 0 Å². The number of carbonyl (C=O) groups is 1. The Morgan fingerprint density at radius 1 is 1.69 bits per heavy atom. The maximum Gasteiger partial charge on any atom is 0.274 e. The Kier molecular flexibility index (Phi) is 2.59. The molecule has 0 aliphatic carbocycles. The summed E-state index contributed by atoms with van der Waals surface area (Å²) in [5.41, 5.74) is 6.88. The van der Waals surface area contributed by atoms with Crippen LogP contribution in [0.25, 0.3) is 0 Å². The number of carbonyl (C=O) groups excluding carboxylic acids is 1. The molecule has 4 N–H and O–H groups in total. The molecule has 0 saturated carbocycles. The lowest BCUT2D eigenvalue weighted by Gasteiger charge is -2.00. The number of nitrogens with one attached hydrogen (secondary N) is 2. The minimum atomic E-state index is -0.349. The zero-order valence-corrected chi connectivity index (χ0v) is 8.65. The van der Waals surface area contributed by atoms with Gasteiger partial charge in [-0.2, -0.15) is 5.10 Å². The van der Waals surface area contributed by atoms with E-state index in [1.54, 1.807) is 13.0 Å². The molecule has 0 aromatic carbocycles. The number of nitrogens with zero attached hydrogens (tertiary/aromatic N) is 2. The smallest absolute Gasteiger partial charge is 0.274 e. The fourth-order valence-corrected chi connectivity index (χ4v) is 1.20. The van der Waals surface area contributed by atoms with E-state index in [1.807, 2.05) is 0 Å². The van der Waals surface area contributed by atoms with Gasteiger partial charge in [-0.3, -0.25) is 9.89 Å². The van der Waals surface area contributed by atoms with Crippen LogP contribution < -0.4 is 11.1 Å². The molecule has 0 aliphatic heterocycles. The van der Waals surface area contributed by atoms with Crippen LogP contribution in [0.5, 0.6) is 0 Å². The number of H-pyrrole nitrogens is 1. The van der Waals surface area contributed by atoms with Crippen molar-refractivity contribution in [3.63, 3.8) is 0 Å². The number of rotatable bonds is 3. The number of hydrogen-bond acceptors (Lipinski definition) is 5. The summed E-state index contributed by atoms with van der Waals surface area (Å²) in [7, 11) is 0. The van der Waals surface area contributed by atoms with Gasteiger partial charge in [0, 0.05) is 6.07 Å². The predicted octanol–water partition coefficient (Wildman–Crippen LogP) is 0.218. The molecule has 7 heteroatoms. The van der Waals surface area contributed by atoms with Gasteiger partial charge >= 0.3 is 0 Å². The number of aryl methyl sites for hydroxylation is 1. The van der Waals surface area contributed by atoms with Crippen molar-refractivity contribution in [1.29, 1.82) is 0 Å². The van der Waals surface area contributed by atoms with E-state index in [2.05, 4.69) is 20.7 Å². The fourth-order valence-electron chi connectivity index (χ4n) is 1.20. The molecule has 0 spiro atoms. The van der Waals surface area contributed by atoms with Gasteiger partial charge in [0.05, 0.1) is 24.1 Å². The standard InChI is InChI=1S/C9H11N5O2/c1-5-7(10)8(14-13-5)9(15)11-4-6-2-3-12-16-6/h2-3H,4,10H2,1H3,(H,11,15)(H,13,14). The lowest BCUT2D eigenvalue weighted by molar-refractivity contribution is 0.0943. The number of hydrogen-bond donors (Lipinski definition) is 3. The first-order valence-electron chi connectivity index (χ1n) is 4.66. The van der Waals surface area contributed by atoms with Gasteiger partial charge in [0.15, 0.2) is 11.5 Å². The lowest BCUT2D eigenvalue weighted by Crippen LogP contribution is -2.23. The summed E-state index contributed by atoms with van der Waals surface area (Å²) in [4.78, 5) is 11.6. The SMILES string of the molecule is Cc1[nH]nc(C(=O)NCc2ccno2)c1N. The molecular weight excluding hydrogens is 210 g/mol. The van der Waals surface area contributed by atoms with Crippen molar-refractivity contribution in [2.24, 2.45) is 0 Å². The molecule has 0 atom stereocenters. The summed E-state index contributed by atoms with van der Waals surface area (Å²) >= 11 is 0. The number of nitrogen functional groups attached to an aromatic ring is 1. The van der Waals surface area contributed by atoms with Crippen LogP contribution in [-0.2, 0) is 6.54 Å². The van der Waals surface area contributed by atoms with E-state index in [1.165, 1.54) is 6.20 Å². The number of nitrogens with two attached hydrogens (primary N) is 1. The first-order valence-corrected chi connectivity index (χ1v) is 4.66. The van der Waals surface area contributed by atoms with E-state index in [0.29, 0.717) is 17.1 Å². The van der Waals surface area contributed by atoms with E-state index >= 15 is 0 Å². The molecule has 2 aromatic heterocycles. The second-order valence-electron chi connectivity index (χ2n) is 3.27. The van der Waals surface area contributed by atoms with Crippen LogP contribution in [0.15, 0.2) is 16.8 Å². The second kappa shape index (κ2) is 4.05. The highest BCUT2D eigenvalue weighted by atomic mass is 16.5. The van der Waals surface area contributed by atoms with E-state index in [-0.39, 0.29) is 18.1 Å². The van der Waals surface area contributed by atoms with Crippen LogP contribution in [0.3, 0.4) is 0 Å². The molecule has 2 heterocycles. The van der Waals surface area contributed by atoms with Crippen molar-refractivity contribution in [2.75, 3.05) is 5.73 Å². The third-order valence-electron chi connectivity index (χ3n) is 2.12. The van der Waals surface area contributed by atoms with E-state index in [4.69, 9.17) is 10.3 Å². The van der Waals surface area contributed by atoms with E-state index in [0.717, 1.165) is 0 Å². The molecule has 0 saturated heterocycles. The maximum absolute atomic E-state index is 11.6. The molecule has 0 radical (unpaired) electrons. The van der Waals surface area contributed by atoms with Gasteiger partial charge in [-0.15, -0.1) is 0 Å². The van der Waals surface area contributed by atoms with Crippen LogP contribution in [0.4, 0.5) is 5.69 Å². The molecular formula is C9H11N5O2. The second-order valence-corrected chi connectivity index (χ2v) is 3.27. The minimum Gasteiger partial charge on any atom is -0.395 e. The van der Waals surface area contributed by atoms with Gasteiger partial charge in [-0.05, 0) is 6.92 Å². The molecule has 1 amide bonds. The van der Waals surface area contributed by atoms with Crippen molar-refractivity contribution in [2.45, 2.75) is 13.5 Å². The first-order chi connectivity index (χ1) is 7.68. The number of aromatic nitrogens is 3. The average molecular weight is 221 g/mol. The Hall–Kier alpha value is -2.31. The quantitative estimate of drug-likeness (QED) is 0.686. The van der Waals surface area contributed by atoms with Crippen molar-refractivity contribution in [3.05, 3.63) is 29.4 Å². The lowest BCUT2D eigenvalue weighted by atomic mass is 10.3. The molecule has 7 nitrogen and oxygen atoms in total. The molecule has 0 bridgehead atoms. The number of amides is 1. The van der Waals surface area contributed by atoms with Gasteiger partial charge in [0.25, 0.3) is 5.91 Å². The van der Waals surface area contributed by atoms with Crippen molar-refractivity contribution in [1.82, 2.24) is 20.7 Å². The predicted molar refractivity (Wildman–Crippen MR) is 55.4 cm³/mol. The molecule has 2 rings (SSSR count). The zero-order valence-electron chi connectivity index (χ0n) is 8.65. The van der Waals surface area contributed by atoms with E-state index in [9.17, 15) is 4.79 Å². The van der Waals surface area contributed by atoms with Crippen LogP contribution in [0.1, 0.15) is 21.9 Å². The molecule has 84 valence electrons. The average Bonchev–Trinajstić information content (AvgIpc) is 2.88. The van der Waals surface area contributed by atoms with Crippen molar-refractivity contribution >= 4 is 11.6 Å². The first kappa shape index (κ1) is 10.2. The van der Waals surface area contributed by atoms with Crippen LogP contribution in [0, 0.1) is 6.92 Å². The Morgan fingerprint density at radius 2 is 2.50 bits per heavy atom. The Morgan fingerprint density at radius 3 is 3.06 bits per heavy atom. The number of aromatic amines is 1. The molecule has 2 aromatic rings. The summed E-state index contributed by atoms with van der Waals surface area (Å²) in [5, 5.41) is 12.6. The van der Waals surface area contributed by atoms with Gasteiger partial charge in [-0.25, -0.2) is 0 Å². The fraction of sp³-hybridized carbons (Fsp3) is 0.222. The summed E-state index contributed by atoms with van der Waals surface area (Å²) in [6, 6.07) is 1.67. The Bertz CT molecular complexity index is 488. The Balaban J connectivity index is 2.01. The normalized spacial score (nSPS) is 10.3. The summed E-state index contributed by atoms with van der Waals surface area (Å²) in [5.74, 6) is 0.220. The molecule has 16 heavy (non-hydrogen) atoms. The number of anilines is 1. The summed E-state index contributed by atoms with van der Waals surface area (Å²) in [6.45, 7) is 2.00.